The van der Waals surface area contributed by atoms with E-state index in [1.54, 1.807) is 32.1 Å². The molecule has 0 aromatic heterocycles. The number of unbranched alkanes of at least 4 members (excludes halogenated alkanes) is 7. The highest BCUT2D eigenvalue weighted by molar-refractivity contribution is 5.97. The van der Waals surface area contributed by atoms with Gasteiger partial charge >= 0.3 is 0 Å². The molecular weight excluding hydrogens is 532 g/mol. The predicted molar refractivity (Wildman–Crippen MR) is 169 cm³/mol. The second kappa shape index (κ2) is 19.2. The molecule has 2 N–H and O–H groups in total. The largest absolute Gasteiger partial charge is 0.507 e. The second-order valence-corrected chi connectivity index (χ2v) is 11.0. The fraction of sp³-hybridized carbons (Fsp3) is 0.588. The molecule has 0 fully saturated rings. The Bertz CT molecular complexity index is 1130. The van der Waals surface area contributed by atoms with Crippen molar-refractivity contribution in [3.63, 3.8) is 0 Å². The molecule has 42 heavy (non-hydrogen) atoms. The molecule has 0 aliphatic carbocycles. The predicted octanol–water partition coefficient (Wildman–Crippen LogP) is 6.81. The molecule has 0 saturated heterocycles. The fourth-order valence-corrected chi connectivity index (χ4v) is 5.04. The maximum atomic E-state index is 13.5. The first-order chi connectivity index (χ1) is 20.2. The number of hydrogen-bond acceptors (Lipinski definition) is 6. The Morgan fingerprint density at radius 3 is 2.05 bits per heavy atom. The number of phenolic OH excluding ortho intramolecular Hbond substituents is 1. The van der Waals surface area contributed by atoms with Gasteiger partial charge in [-0.15, -0.1) is 0 Å². The minimum atomic E-state index is -0.282. The molecule has 0 radical (unpaired) electrons. The quantitative estimate of drug-likeness (QED) is 0.166. The van der Waals surface area contributed by atoms with Gasteiger partial charge in [0.15, 0.2) is 0 Å². The number of benzene rings is 2. The van der Waals surface area contributed by atoms with Gasteiger partial charge in [0.2, 0.25) is 5.91 Å². The number of nitrogens with one attached hydrogen (secondary N) is 1. The Morgan fingerprint density at radius 2 is 1.45 bits per heavy atom. The summed E-state index contributed by atoms with van der Waals surface area (Å²) in [5.74, 6) is 0.246. The van der Waals surface area contributed by atoms with Crippen LogP contribution >= 0.6 is 0 Å². The molecular formula is C34H52N2O6. The number of rotatable bonds is 20. The molecule has 2 aromatic carbocycles. The highest BCUT2D eigenvalue weighted by Crippen LogP contribution is 2.32. The van der Waals surface area contributed by atoms with E-state index in [1.807, 2.05) is 25.1 Å². The van der Waals surface area contributed by atoms with Gasteiger partial charge < -0.3 is 29.5 Å². The van der Waals surface area contributed by atoms with Crippen LogP contribution in [0.5, 0.6) is 11.5 Å². The Labute approximate surface area is 252 Å². The molecule has 0 bridgehead atoms. The third-order valence-corrected chi connectivity index (χ3v) is 7.41. The first kappa shape index (κ1) is 35.1. The van der Waals surface area contributed by atoms with Crippen molar-refractivity contribution in [3.05, 3.63) is 52.1 Å². The summed E-state index contributed by atoms with van der Waals surface area (Å²) in [7, 11) is 3.17. The zero-order valence-corrected chi connectivity index (χ0v) is 26.6. The van der Waals surface area contributed by atoms with Crippen LogP contribution in [-0.4, -0.2) is 69.0 Å². The van der Waals surface area contributed by atoms with Crippen LogP contribution in [0.1, 0.15) is 97.8 Å². The van der Waals surface area contributed by atoms with Crippen molar-refractivity contribution in [3.8, 4) is 11.5 Å². The van der Waals surface area contributed by atoms with Crippen molar-refractivity contribution in [1.82, 2.24) is 4.90 Å². The number of hydrogen-bond donors (Lipinski definition) is 2. The Balaban J connectivity index is 2.21. The molecule has 8 nitrogen and oxygen atoms in total. The van der Waals surface area contributed by atoms with Gasteiger partial charge in [-0.25, -0.2) is 0 Å². The Kier molecular flexibility index (Phi) is 16.0. The Morgan fingerprint density at radius 1 is 0.833 bits per heavy atom. The standard InChI is InChI=1S/C34H52N2O6/c1-7-8-9-10-11-12-13-14-17-42-29-21-25(2)30(32(24-29)35-27(4)37)22-28-20-26(3)33(38)31(23-28)34(39)36(15-18-40-5)16-19-41-6/h20-21,23-24,38H,7-19,22H2,1-6H3,(H,35,37). The van der Waals surface area contributed by atoms with Gasteiger partial charge in [0, 0.05) is 46.0 Å². The number of phenols is 1. The fourth-order valence-electron chi connectivity index (χ4n) is 5.04. The van der Waals surface area contributed by atoms with Crippen LogP contribution in [0.25, 0.3) is 0 Å². The molecule has 2 amide bonds. The maximum Gasteiger partial charge on any atom is 0.257 e. The maximum absolute atomic E-state index is 13.5. The van der Waals surface area contributed by atoms with Crippen LogP contribution in [0.3, 0.4) is 0 Å². The zero-order valence-electron chi connectivity index (χ0n) is 26.6. The van der Waals surface area contributed by atoms with Gasteiger partial charge in [-0.05, 0) is 61.1 Å². The van der Waals surface area contributed by atoms with Gasteiger partial charge in [-0.1, -0.05) is 57.9 Å². The van der Waals surface area contributed by atoms with Crippen LogP contribution in [0.2, 0.25) is 0 Å². The third kappa shape index (κ3) is 11.6. The Hall–Kier alpha value is -3.10. The SMILES string of the molecule is CCCCCCCCCCOc1cc(C)c(Cc2cc(C)c(O)c(C(=O)N(CCOC)CCOC)c2)c(NC(C)=O)c1. The van der Waals surface area contributed by atoms with E-state index in [-0.39, 0.29) is 23.1 Å². The van der Waals surface area contributed by atoms with Crippen molar-refractivity contribution < 1.29 is 28.9 Å². The first-order valence-corrected chi connectivity index (χ1v) is 15.3. The molecule has 0 unspecified atom stereocenters. The summed E-state index contributed by atoms with van der Waals surface area (Å²) in [5.41, 5.74) is 4.30. The number of aromatic hydroxyl groups is 1. The number of nitrogens with zero attached hydrogens (tertiary/aromatic N) is 1. The summed E-state index contributed by atoms with van der Waals surface area (Å²) in [6.45, 7) is 9.67. The first-order valence-electron chi connectivity index (χ1n) is 15.3. The van der Waals surface area contributed by atoms with Crippen LogP contribution < -0.4 is 10.1 Å². The average molecular weight is 585 g/mol. The van der Waals surface area contributed by atoms with E-state index in [4.69, 9.17) is 14.2 Å². The number of aryl methyl sites for hydroxylation is 2. The number of carbonyl (C=O) groups is 2. The lowest BCUT2D eigenvalue weighted by Crippen LogP contribution is -2.36. The number of carbonyl (C=O) groups excluding carboxylic acids is 2. The monoisotopic (exact) mass is 584 g/mol. The summed E-state index contributed by atoms with van der Waals surface area (Å²) in [5, 5.41) is 13.8. The normalized spacial score (nSPS) is 11.0. The average Bonchev–Trinajstić information content (AvgIpc) is 2.95. The number of ether oxygens (including phenoxy) is 3. The molecule has 8 heteroatoms. The van der Waals surface area contributed by atoms with E-state index < -0.39 is 0 Å². The van der Waals surface area contributed by atoms with Gasteiger partial charge in [0.1, 0.15) is 11.5 Å². The van der Waals surface area contributed by atoms with E-state index in [2.05, 4.69) is 12.2 Å². The number of amides is 2. The highest BCUT2D eigenvalue weighted by Gasteiger charge is 2.22. The van der Waals surface area contributed by atoms with Gasteiger partial charge in [-0.3, -0.25) is 9.59 Å². The third-order valence-electron chi connectivity index (χ3n) is 7.41. The van der Waals surface area contributed by atoms with E-state index in [0.29, 0.717) is 50.6 Å². The van der Waals surface area contributed by atoms with Crippen molar-refractivity contribution in [2.75, 3.05) is 52.4 Å². The summed E-state index contributed by atoms with van der Waals surface area (Å²) in [4.78, 5) is 27.2. The van der Waals surface area contributed by atoms with E-state index in [0.717, 1.165) is 35.3 Å². The van der Waals surface area contributed by atoms with E-state index in [1.165, 1.54) is 45.4 Å². The van der Waals surface area contributed by atoms with E-state index >= 15 is 0 Å². The molecule has 0 atom stereocenters. The van der Waals surface area contributed by atoms with Crippen molar-refractivity contribution >= 4 is 17.5 Å². The van der Waals surface area contributed by atoms with Gasteiger partial charge in [0.25, 0.3) is 5.91 Å². The topological polar surface area (TPSA) is 97.3 Å². The van der Waals surface area contributed by atoms with Crippen LogP contribution in [0.15, 0.2) is 24.3 Å². The van der Waals surface area contributed by atoms with Gasteiger partial charge in [0.05, 0.1) is 25.4 Å². The van der Waals surface area contributed by atoms with E-state index in [9.17, 15) is 14.7 Å². The highest BCUT2D eigenvalue weighted by atomic mass is 16.5. The smallest absolute Gasteiger partial charge is 0.257 e. The molecule has 234 valence electrons. The number of methoxy groups -OCH3 is 2. The summed E-state index contributed by atoms with van der Waals surface area (Å²) >= 11 is 0. The van der Waals surface area contributed by atoms with Crippen LogP contribution in [-0.2, 0) is 20.7 Å². The van der Waals surface area contributed by atoms with Crippen molar-refractivity contribution in [2.24, 2.45) is 0 Å². The van der Waals surface area contributed by atoms with Crippen LogP contribution in [0, 0.1) is 13.8 Å². The minimum Gasteiger partial charge on any atom is -0.507 e. The molecule has 0 aliphatic rings. The second-order valence-electron chi connectivity index (χ2n) is 11.0. The van der Waals surface area contributed by atoms with Crippen LogP contribution in [0.4, 0.5) is 5.69 Å². The lowest BCUT2D eigenvalue weighted by molar-refractivity contribution is -0.114. The minimum absolute atomic E-state index is 0.0351. The summed E-state index contributed by atoms with van der Waals surface area (Å²) in [6.07, 6.45) is 10.4. The zero-order chi connectivity index (χ0) is 30.9. The summed E-state index contributed by atoms with van der Waals surface area (Å²) in [6, 6.07) is 7.50. The van der Waals surface area contributed by atoms with Gasteiger partial charge in [-0.2, -0.15) is 0 Å². The molecule has 0 spiro atoms. The molecule has 0 saturated carbocycles. The number of anilines is 1. The lowest BCUT2D eigenvalue weighted by Gasteiger charge is -2.23. The van der Waals surface area contributed by atoms with Crippen molar-refractivity contribution in [2.45, 2.75) is 85.5 Å². The molecule has 0 heterocycles. The lowest BCUT2D eigenvalue weighted by atomic mass is 9.94. The summed E-state index contributed by atoms with van der Waals surface area (Å²) < 4.78 is 16.4. The molecule has 2 aromatic rings. The van der Waals surface area contributed by atoms with Crippen molar-refractivity contribution in [1.29, 1.82) is 0 Å². The molecule has 2 rings (SSSR count). The molecule has 0 aliphatic heterocycles.